The van der Waals surface area contributed by atoms with Gasteiger partial charge in [0.25, 0.3) is 6.57 Å². The maximum atomic E-state index is 10.5. The SMILES string of the molecule is CCCCCP(=O)(O)S. The maximum Gasteiger partial charge on any atom is 0.252 e. The molecule has 0 rings (SSSR count). The van der Waals surface area contributed by atoms with Gasteiger partial charge in [-0.1, -0.05) is 32.0 Å². The van der Waals surface area contributed by atoms with Crippen molar-refractivity contribution in [1.82, 2.24) is 0 Å². The van der Waals surface area contributed by atoms with E-state index in [9.17, 15) is 4.57 Å². The summed E-state index contributed by atoms with van der Waals surface area (Å²) in [4.78, 5) is 8.66. The molecule has 0 radical (unpaired) electrons. The molecule has 1 N–H and O–H groups in total. The molecular weight excluding hydrogens is 155 g/mol. The summed E-state index contributed by atoms with van der Waals surface area (Å²) in [6.07, 6.45) is 3.26. The zero-order valence-electron chi connectivity index (χ0n) is 5.58. The van der Waals surface area contributed by atoms with Crippen LogP contribution in [0.3, 0.4) is 0 Å². The van der Waals surface area contributed by atoms with Gasteiger partial charge in [-0.2, -0.15) is 0 Å². The lowest BCUT2D eigenvalue weighted by Crippen LogP contribution is -1.81. The summed E-state index contributed by atoms with van der Waals surface area (Å²) >= 11 is 3.54. The summed E-state index contributed by atoms with van der Waals surface area (Å²) in [5.74, 6) is 0. The third-order valence-electron chi connectivity index (χ3n) is 1.05. The van der Waals surface area contributed by atoms with Crippen molar-refractivity contribution < 1.29 is 9.46 Å². The van der Waals surface area contributed by atoms with E-state index < -0.39 is 6.57 Å². The van der Waals surface area contributed by atoms with E-state index in [2.05, 4.69) is 19.2 Å². The molecule has 0 aliphatic carbocycles. The Hall–Kier alpha value is 0.540. The first-order chi connectivity index (χ1) is 4.06. The topological polar surface area (TPSA) is 37.3 Å². The Morgan fingerprint density at radius 2 is 2.11 bits per heavy atom. The van der Waals surface area contributed by atoms with Crippen molar-refractivity contribution in [3.8, 4) is 0 Å². The molecule has 0 saturated carbocycles. The van der Waals surface area contributed by atoms with E-state index in [4.69, 9.17) is 4.89 Å². The largest absolute Gasteiger partial charge is 0.337 e. The summed E-state index contributed by atoms with van der Waals surface area (Å²) < 4.78 is 10.5. The van der Waals surface area contributed by atoms with E-state index in [0.717, 1.165) is 19.3 Å². The Morgan fingerprint density at radius 3 is 2.44 bits per heavy atom. The molecule has 2 nitrogen and oxygen atoms in total. The van der Waals surface area contributed by atoms with Crippen molar-refractivity contribution in [2.24, 2.45) is 0 Å². The van der Waals surface area contributed by atoms with Crippen molar-refractivity contribution in [2.75, 3.05) is 6.16 Å². The normalized spacial score (nSPS) is 17.2. The third kappa shape index (κ3) is 8.54. The monoisotopic (exact) mass is 168 g/mol. The molecule has 0 amide bonds. The predicted octanol–water partition coefficient (Wildman–Crippen LogP) is 2.29. The second kappa shape index (κ2) is 4.37. The second-order valence-electron chi connectivity index (χ2n) is 2.10. The molecule has 0 aromatic heterocycles. The van der Waals surface area contributed by atoms with Crippen LogP contribution in [0.4, 0.5) is 0 Å². The van der Waals surface area contributed by atoms with Crippen LogP contribution in [0.25, 0.3) is 0 Å². The van der Waals surface area contributed by atoms with Crippen LogP contribution < -0.4 is 0 Å². The molecule has 0 aliphatic heterocycles. The summed E-state index contributed by atoms with van der Waals surface area (Å²) in [6.45, 7) is -0.945. The van der Waals surface area contributed by atoms with Crippen molar-refractivity contribution in [3.63, 3.8) is 0 Å². The molecule has 0 heterocycles. The van der Waals surface area contributed by atoms with Gasteiger partial charge in [0.15, 0.2) is 0 Å². The predicted molar refractivity (Wildman–Crippen MR) is 43.2 cm³/mol. The first kappa shape index (κ1) is 9.54. The molecule has 4 heteroatoms. The molecule has 0 fully saturated rings. The zero-order chi connectivity index (χ0) is 7.33. The Labute approximate surface area is 61.3 Å². The number of rotatable bonds is 4. The molecule has 1 unspecified atom stereocenters. The van der Waals surface area contributed by atoms with Gasteiger partial charge in [-0.05, 0) is 6.42 Å². The molecule has 0 spiro atoms. The third-order valence-corrected chi connectivity index (χ3v) is 2.55. The highest BCUT2D eigenvalue weighted by atomic mass is 32.7. The van der Waals surface area contributed by atoms with Gasteiger partial charge >= 0.3 is 0 Å². The molecule has 0 aromatic rings. The Bertz CT molecular complexity index is 110. The van der Waals surface area contributed by atoms with Gasteiger partial charge in [-0.3, -0.25) is 4.57 Å². The van der Waals surface area contributed by atoms with Crippen molar-refractivity contribution in [1.29, 1.82) is 0 Å². The van der Waals surface area contributed by atoms with Gasteiger partial charge in [-0.15, -0.1) is 0 Å². The Morgan fingerprint density at radius 1 is 1.56 bits per heavy atom. The van der Waals surface area contributed by atoms with Crippen molar-refractivity contribution in [3.05, 3.63) is 0 Å². The zero-order valence-corrected chi connectivity index (χ0v) is 7.37. The van der Waals surface area contributed by atoms with E-state index >= 15 is 0 Å². The highest BCUT2D eigenvalue weighted by molar-refractivity contribution is 8.45. The highest BCUT2D eigenvalue weighted by Crippen LogP contribution is 2.46. The average Bonchev–Trinajstić information content (AvgIpc) is 1.63. The minimum atomic E-state index is -3.00. The van der Waals surface area contributed by atoms with Crippen LogP contribution in [0.1, 0.15) is 26.2 Å². The highest BCUT2D eigenvalue weighted by Gasteiger charge is 2.08. The molecule has 0 aromatic carbocycles. The summed E-state index contributed by atoms with van der Waals surface area (Å²) in [5, 5.41) is 0. The van der Waals surface area contributed by atoms with Crippen LogP contribution in [0.5, 0.6) is 0 Å². The minimum Gasteiger partial charge on any atom is -0.337 e. The lowest BCUT2D eigenvalue weighted by Gasteiger charge is -2.00. The Balaban J connectivity index is 3.18. The molecule has 9 heavy (non-hydrogen) atoms. The van der Waals surface area contributed by atoms with Crippen LogP contribution in [-0.2, 0) is 4.57 Å². The van der Waals surface area contributed by atoms with E-state index in [0.29, 0.717) is 6.16 Å². The lowest BCUT2D eigenvalue weighted by atomic mass is 10.3. The van der Waals surface area contributed by atoms with Gasteiger partial charge in [0.05, 0.1) is 0 Å². The average molecular weight is 168 g/mol. The summed E-state index contributed by atoms with van der Waals surface area (Å²) in [7, 11) is 0. The minimum absolute atomic E-state index is 0.351. The number of thiol groups is 1. The van der Waals surface area contributed by atoms with Crippen molar-refractivity contribution in [2.45, 2.75) is 26.2 Å². The fourth-order valence-corrected chi connectivity index (χ4v) is 1.63. The van der Waals surface area contributed by atoms with Gasteiger partial charge in [0.2, 0.25) is 0 Å². The van der Waals surface area contributed by atoms with Gasteiger partial charge < -0.3 is 4.89 Å². The fourth-order valence-electron chi connectivity index (χ4n) is 0.568. The van der Waals surface area contributed by atoms with Crippen LogP contribution in [0.15, 0.2) is 0 Å². The number of hydrogen-bond donors (Lipinski definition) is 2. The second-order valence-corrected chi connectivity index (χ2v) is 5.75. The van der Waals surface area contributed by atoms with Gasteiger partial charge in [-0.25, -0.2) is 0 Å². The first-order valence-electron chi connectivity index (χ1n) is 3.11. The van der Waals surface area contributed by atoms with Gasteiger partial charge in [0, 0.05) is 6.16 Å². The first-order valence-corrected chi connectivity index (χ1v) is 6.10. The van der Waals surface area contributed by atoms with Crippen LogP contribution in [0, 0.1) is 0 Å². The van der Waals surface area contributed by atoms with Crippen LogP contribution >= 0.6 is 18.8 Å². The molecular formula is C5H13O2PS. The summed E-state index contributed by atoms with van der Waals surface area (Å²) in [6, 6.07) is 0. The van der Waals surface area contributed by atoms with Gasteiger partial charge in [0.1, 0.15) is 0 Å². The number of hydrogen-bond acceptors (Lipinski definition) is 1. The fraction of sp³-hybridized carbons (Fsp3) is 1.00. The number of unbranched alkanes of at least 4 members (excludes halogenated alkanes) is 2. The van der Waals surface area contributed by atoms with Crippen LogP contribution in [0.2, 0.25) is 0 Å². The molecule has 0 bridgehead atoms. The van der Waals surface area contributed by atoms with Crippen molar-refractivity contribution >= 4 is 18.8 Å². The molecule has 0 aliphatic rings. The standard InChI is InChI=1S/C5H13O2PS/c1-2-3-4-5-8(6,7)9/h2-5H2,1H3,(H2,6,7,9). The molecule has 56 valence electrons. The quantitative estimate of drug-likeness (QED) is 0.384. The summed E-state index contributed by atoms with van der Waals surface area (Å²) in [5.41, 5.74) is 0. The van der Waals surface area contributed by atoms with E-state index in [1.165, 1.54) is 0 Å². The Kier molecular flexibility index (Phi) is 4.63. The lowest BCUT2D eigenvalue weighted by molar-refractivity contribution is 0.494. The van der Waals surface area contributed by atoms with E-state index in [-0.39, 0.29) is 0 Å². The maximum absolute atomic E-state index is 10.5. The molecule has 1 atom stereocenters. The van der Waals surface area contributed by atoms with E-state index in [1.54, 1.807) is 0 Å². The van der Waals surface area contributed by atoms with E-state index in [1.807, 2.05) is 0 Å². The van der Waals surface area contributed by atoms with Crippen LogP contribution in [-0.4, -0.2) is 11.1 Å². The smallest absolute Gasteiger partial charge is 0.252 e. The molecule has 0 saturated heterocycles.